The highest BCUT2D eigenvalue weighted by Crippen LogP contribution is 2.09. The number of nitrogens with zero attached hydrogens (tertiary/aromatic N) is 4. The lowest BCUT2D eigenvalue weighted by molar-refractivity contribution is -0.147. The Balaban J connectivity index is 1.45. The minimum atomic E-state index is -0.606. The maximum atomic E-state index is 12.2. The first-order valence-electron chi connectivity index (χ1n) is 9.58. The highest BCUT2D eigenvalue weighted by molar-refractivity contribution is 5.88. The monoisotopic (exact) mass is 404 g/mol. The molecule has 154 valence electrons. The fourth-order valence-corrected chi connectivity index (χ4v) is 2.81. The number of carbonyl (C=O) groups excluding carboxylic acids is 2. The van der Waals surface area contributed by atoms with Gasteiger partial charge >= 0.3 is 5.97 Å². The fraction of sp³-hybridized carbons (Fsp3) is 0.217. The summed E-state index contributed by atoms with van der Waals surface area (Å²) in [5, 5.41) is 8.04. The third-order valence-electron chi connectivity index (χ3n) is 4.57. The second-order valence-corrected chi connectivity index (χ2v) is 6.94. The van der Waals surface area contributed by atoms with Crippen molar-refractivity contribution in [3.8, 4) is 0 Å². The third kappa shape index (κ3) is 6.13. The molecule has 0 aliphatic heterocycles. The highest BCUT2D eigenvalue weighted by atomic mass is 16.5. The van der Waals surface area contributed by atoms with Crippen molar-refractivity contribution < 1.29 is 14.3 Å². The lowest BCUT2D eigenvalue weighted by Crippen LogP contribution is -2.30. The molecule has 0 saturated heterocycles. The molecule has 0 fully saturated rings. The smallest absolute Gasteiger partial charge is 0.331 e. The number of aromatic nitrogens is 3. The van der Waals surface area contributed by atoms with E-state index in [2.05, 4.69) is 10.3 Å². The van der Waals surface area contributed by atoms with Crippen LogP contribution in [0.1, 0.15) is 22.4 Å². The molecule has 1 aromatic heterocycles. The lowest BCUT2D eigenvalue weighted by Gasteiger charge is -2.18. The van der Waals surface area contributed by atoms with Crippen molar-refractivity contribution in [2.45, 2.75) is 20.0 Å². The molecule has 7 nitrogen and oxygen atoms in total. The van der Waals surface area contributed by atoms with E-state index in [1.54, 1.807) is 17.9 Å². The Morgan fingerprint density at radius 2 is 1.83 bits per heavy atom. The second-order valence-electron chi connectivity index (χ2n) is 6.94. The van der Waals surface area contributed by atoms with Gasteiger partial charge in [-0.05, 0) is 29.7 Å². The molecule has 0 radical (unpaired) electrons. The van der Waals surface area contributed by atoms with Crippen LogP contribution < -0.4 is 0 Å². The van der Waals surface area contributed by atoms with E-state index in [0.29, 0.717) is 18.8 Å². The van der Waals surface area contributed by atoms with Crippen molar-refractivity contribution >= 4 is 18.0 Å². The van der Waals surface area contributed by atoms with Gasteiger partial charge in [0.15, 0.2) is 6.61 Å². The molecule has 0 atom stereocenters. The largest absolute Gasteiger partial charge is 0.452 e. The van der Waals surface area contributed by atoms with Gasteiger partial charge in [-0.1, -0.05) is 59.8 Å². The van der Waals surface area contributed by atoms with Gasteiger partial charge in [-0.2, -0.15) is 0 Å². The Morgan fingerprint density at radius 1 is 1.10 bits per heavy atom. The van der Waals surface area contributed by atoms with Crippen LogP contribution in [0.3, 0.4) is 0 Å². The zero-order chi connectivity index (χ0) is 21.3. The number of rotatable bonds is 8. The van der Waals surface area contributed by atoms with Crippen LogP contribution in [-0.4, -0.2) is 45.4 Å². The van der Waals surface area contributed by atoms with Crippen LogP contribution >= 0.6 is 0 Å². The Hall–Kier alpha value is -3.74. The van der Waals surface area contributed by atoms with Crippen molar-refractivity contribution in [2.24, 2.45) is 0 Å². The van der Waals surface area contributed by atoms with Gasteiger partial charge in [0.05, 0.1) is 12.7 Å². The van der Waals surface area contributed by atoms with Crippen molar-refractivity contribution in [2.75, 3.05) is 13.7 Å². The summed E-state index contributed by atoms with van der Waals surface area (Å²) in [4.78, 5) is 25.7. The summed E-state index contributed by atoms with van der Waals surface area (Å²) in [5.41, 5.74) is 3.80. The third-order valence-corrected chi connectivity index (χ3v) is 4.57. The number of esters is 1. The molecular formula is C23H24N4O3. The summed E-state index contributed by atoms with van der Waals surface area (Å²) < 4.78 is 6.73. The van der Waals surface area contributed by atoms with Gasteiger partial charge in [0.25, 0.3) is 5.91 Å². The van der Waals surface area contributed by atoms with Crippen molar-refractivity contribution in [3.05, 3.63) is 89.3 Å². The molecule has 0 aliphatic carbocycles. The Bertz CT molecular complexity index is 1030. The molecule has 0 bridgehead atoms. The standard InChI is InChI=1S/C23H24N4O3/c1-18-8-6-7-11-20(18)15-26(2)22(28)17-30-23(29)13-12-21-16-27(25-24-21)14-19-9-4-3-5-10-19/h3-13,16H,14-15,17H2,1-2H3/b13-12+. The highest BCUT2D eigenvalue weighted by Gasteiger charge is 2.12. The quantitative estimate of drug-likeness (QED) is 0.426. The van der Waals surface area contributed by atoms with Gasteiger partial charge in [-0.15, -0.1) is 5.10 Å². The molecule has 2 aromatic carbocycles. The van der Waals surface area contributed by atoms with Gasteiger partial charge in [0, 0.05) is 19.7 Å². The second kappa shape index (κ2) is 10.2. The number of hydrogen-bond donors (Lipinski definition) is 0. The first kappa shape index (κ1) is 21.0. The number of hydrogen-bond acceptors (Lipinski definition) is 5. The molecule has 0 spiro atoms. The predicted molar refractivity (Wildman–Crippen MR) is 113 cm³/mol. The van der Waals surface area contributed by atoms with E-state index in [1.807, 2.05) is 61.5 Å². The number of benzene rings is 2. The van der Waals surface area contributed by atoms with Crippen molar-refractivity contribution in [1.82, 2.24) is 19.9 Å². The van der Waals surface area contributed by atoms with E-state index in [1.165, 1.54) is 17.1 Å². The molecule has 1 amide bonds. The van der Waals surface area contributed by atoms with Crippen LogP contribution in [0.5, 0.6) is 0 Å². The molecule has 30 heavy (non-hydrogen) atoms. The molecule has 0 saturated carbocycles. The molecular weight excluding hydrogens is 380 g/mol. The SMILES string of the molecule is Cc1ccccc1CN(C)C(=O)COC(=O)/C=C/c1cn(Cc2ccccc2)nn1. The van der Waals surface area contributed by atoms with Gasteiger partial charge in [-0.25, -0.2) is 9.48 Å². The van der Waals surface area contributed by atoms with Crippen LogP contribution in [0.2, 0.25) is 0 Å². The summed E-state index contributed by atoms with van der Waals surface area (Å²) in [5.74, 6) is -0.876. The molecule has 3 rings (SSSR count). The summed E-state index contributed by atoms with van der Waals surface area (Å²) >= 11 is 0. The van der Waals surface area contributed by atoms with Gasteiger partial charge < -0.3 is 9.64 Å². The Morgan fingerprint density at radius 3 is 2.60 bits per heavy atom. The van der Waals surface area contributed by atoms with Gasteiger partial charge in [0.2, 0.25) is 0 Å². The molecule has 0 N–H and O–H groups in total. The minimum Gasteiger partial charge on any atom is -0.452 e. The number of ether oxygens (including phenoxy) is 1. The summed E-state index contributed by atoms with van der Waals surface area (Å²) in [6, 6.07) is 17.7. The van der Waals surface area contributed by atoms with Gasteiger partial charge in [0.1, 0.15) is 5.69 Å². The van der Waals surface area contributed by atoms with E-state index >= 15 is 0 Å². The number of amides is 1. The zero-order valence-corrected chi connectivity index (χ0v) is 17.1. The zero-order valence-electron chi connectivity index (χ0n) is 17.1. The van der Waals surface area contributed by atoms with E-state index < -0.39 is 5.97 Å². The summed E-state index contributed by atoms with van der Waals surface area (Å²) in [7, 11) is 1.68. The van der Waals surface area contributed by atoms with E-state index in [4.69, 9.17) is 4.74 Å². The van der Waals surface area contributed by atoms with E-state index in [-0.39, 0.29) is 12.5 Å². The molecule has 7 heteroatoms. The summed E-state index contributed by atoms with van der Waals surface area (Å²) in [6.07, 6.45) is 4.49. The number of carbonyl (C=O) groups is 2. The predicted octanol–water partition coefficient (Wildman–Crippen LogP) is 2.85. The molecule has 0 unspecified atom stereocenters. The van der Waals surface area contributed by atoms with Crippen LogP contribution in [0.4, 0.5) is 0 Å². The lowest BCUT2D eigenvalue weighted by atomic mass is 10.1. The number of likely N-dealkylation sites (N-methyl/N-ethyl adjacent to an activating group) is 1. The Labute approximate surface area is 175 Å². The van der Waals surface area contributed by atoms with Crippen LogP contribution in [0.25, 0.3) is 6.08 Å². The molecule has 1 heterocycles. The Kier molecular flexibility index (Phi) is 7.10. The minimum absolute atomic E-state index is 0.270. The maximum Gasteiger partial charge on any atom is 0.331 e. The average molecular weight is 404 g/mol. The van der Waals surface area contributed by atoms with Crippen LogP contribution in [-0.2, 0) is 27.4 Å². The van der Waals surface area contributed by atoms with Crippen LogP contribution in [0.15, 0.2) is 66.9 Å². The normalized spacial score (nSPS) is 10.9. The van der Waals surface area contributed by atoms with E-state index in [9.17, 15) is 9.59 Å². The number of aryl methyl sites for hydroxylation is 1. The van der Waals surface area contributed by atoms with Crippen molar-refractivity contribution in [3.63, 3.8) is 0 Å². The van der Waals surface area contributed by atoms with Gasteiger partial charge in [-0.3, -0.25) is 4.79 Å². The maximum absolute atomic E-state index is 12.2. The topological polar surface area (TPSA) is 77.3 Å². The fourth-order valence-electron chi connectivity index (χ4n) is 2.81. The average Bonchev–Trinajstić information content (AvgIpc) is 3.20. The first-order valence-corrected chi connectivity index (χ1v) is 9.58. The van der Waals surface area contributed by atoms with Crippen molar-refractivity contribution in [1.29, 1.82) is 0 Å². The summed E-state index contributed by atoms with van der Waals surface area (Å²) in [6.45, 7) is 2.73. The van der Waals surface area contributed by atoms with Crippen LogP contribution in [0, 0.1) is 6.92 Å². The molecule has 3 aromatic rings. The first-order chi connectivity index (χ1) is 14.5. The van der Waals surface area contributed by atoms with E-state index in [0.717, 1.165) is 16.7 Å². The molecule has 0 aliphatic rings.